The van der Waals surface area contributed by atoms with Gasteiger partial charge in [0.15, 0.2) is 0 Å². The van der Waals surface area contributed by atoms with Crippen LogP contribution in [0.1, 0.15) is 10.4 Å². The predicted octanol–water partition coefficient (Wildman–Crippen LogP) is 1.20. The lowest BCUT2D eigenvalue weighted by Crippen LogP contribution is -2.35. The fraction of sp³-hybridized carbons (Fsp3) is 0.333. The second-order valence-corrected chi connectivity index (χ2v) is 4.11. The van der Waals surface area contributed by atoms with Crippen molar-refractivity contribution in [1.29, 1.82) is 0 Å². The Labute approximate surface area is 107 Å². The number of Topliss-reactive ketones (excluding diaryl/α,β-unsaturated/α-hetero) is 1. The SMILES string of the molecule is CN(C)CCN1C(=O)C(=O)c2ccccc21.Cl. The van der Waals surface area contributed by atoms with Crippen LogP contribution < -0.4 is 4.90 Å². The number of anilines is 1. The standard InChI is InChI=1S/C12H14N2O2.ClH/c1-13(2)7-8-14-10-6-4-3-5-9(10)11(15)12(14)16;/h3-6H,7-8H2,1-2H3;1H. The second kappa shape index (κ2) is 5.29. The first-order valence-corrected chi connectivity index (χ1v) is 5.21. The molecule has 0 spiro atoms. The second-order valence-electron chi connectivity index (χ2n) is 4.11. The Morgan fingerprint density at radius 3 is 2.47 bits per heavy atom. The molecular weight excluding hydrogens is 240 g/mol. The van der Waals surface area contributed by atoms with Crippen LogP contribution in [0.2, 0.25) is 0 Å². The molecule has 0 aliphatic carbocycles. The summed E-state index contributed by atoms with van der Waals surface area (Å²) < 4.78 is 0. The van der Waals surface area contributed by atoms with Gasteiger partial charge in [0, 0.05) is 13.1 Å². The van der Waals surface area contributed by atoms with E-state index < -0.39 is 11.7 Å². The maximum absolute atomic E-state index is 11.7. The number of likely N-dealkylation sites (N-methyl/N-ethyl adjacent to an activating group) is 1. The lowest BCUT2D eigenvalue weighted by Gasteiger charge is -2.18. The molecular formula is C12H15ClN2O2. The zero-order valence-electron chi connectivity index (χ0n) is 9.84. The summed E-state index contributed by atoms with van der Waals surface area (Å²) in [5, 5.41) is 0. The molecule has 0 bridgehead atoms. The largest absolute Gasteiger partial charge is 0.308 e. The van der Waals surface area contributed by atoms with Crippen molar-refractivity contribution in [3.8, 4) is 0 Å². The van der Waals surface area contributed by atoms with Crippen molar-refractivity contribution >= 4 is 29.8 Å². The summed E-state index contributed by atoms with van der Waals surface area (Å²) in [5.74, 6) is -0.808. The molecule has 17 heavy (non-hydrogen) atoms. The summed E-state index contributed by atoms with van der Waals surface area (Å²) in [7, 11) is 3.88. The highest BCUT2D eigenvalue weighted by Gasteiger charge is 2.34. The van der Waals surface area contributed by atoms with Crippen molar-refractivity contribution in [3.63, 3.8) is 0 Å². The minimum atomic E-state index is -0.414. The van der Waals surface area contributed by atoms with Crippen LogP contribution in [0.3, 0.4) is 0 Å². The zero-order chi connectivity index (χ0) is 11.7. The quantitative estimate of drug-likeness (QED) is 0.761. The summed E-state index contributed by atoms with van der Waals surface area (Å²) in [4.78, 5) is 26.9. The molecule has 0 atom stereocenters. The van der Waals surface area contributed by atoms with Crippen LogP contribution in [0, 0.1) is 0 Å². The van der Waals surface area contributed by atoms with E-state index in [2.05, 4.69) is 0 Å². The fourth-order valence-electron chi connectivity index (χ4n) is 1.77. The molecule has 0 saturated carbocycles. The van der Waals surface area contributed by atoms with Crippen molar-refractivity contribution < 1.29 is 9.59 Å². The first-order valence-electron chi connectivity index (χ1n) is 5.21. The Morgan fingerprint density at radius 1 is 1.18 bits per heavy atom. The Bertz CT molecular complexity index is 446. The fourth-order valence-corrected chi connectivity index (χ4v) is 1.77. The number of carbonyl (C=O) groups excluding carboxylic acids is 2. The number of amides is 1. The van der Waals surface area contributed by atoms with Gasteiger partial charge in [-0.05, 0) is 26.2 Å². The van der Waals surface area contributed by atoms with Crippen LogP contribution in [-0.2, 0) is 4.79 Å². The monoisotopic (exact) mass is 254 g/mol. The number of rotatable bonds is 3. The van der Waals surface area contributed by atoms with Crippen molar-refractivity contribution in [1.82, 2.24) is 4.90 Å². The minimum Gasteiger partial charge on any atom is -0.308 e. The van der Waals surface area contributed by atoms with Crippen LogP contribution in [0.25, 0.3) is 0 Å². The van der Waals surface area contributed by atoms with Gasteiger partial charge in [0.25, 0.3) is 11.7 Å². The predicted molar refractivity (Wildman–Crippen MR) is 68.9 cm³/mol. The lowest BCUT2D eigenvalue weighted by molar-refractivity contribution is -0.114. The van der Waals surface area contributed by atoms with Gasteiger partial charge in [0.1, 0.15) is 0 Å². The Balaban J connectivity index is 0.00000144. The number of benzene rings is 1. The van der Waals surface area contributed by atoms with Crippen LogP contribution in [0.15, 0.2) is 24.3 Å². The highest BCUT2D eigenvalue weighted by atomic mass is 35.5. The van der Waals surface area contributed by atoms with E-state index in [1.807, 2.05) is 31.1 Å². The van der Waals surface area contributed by atoms with Crippen molar-refractivity contribution in [2.75, 3.05) is 32.1 Å². The number of hydrogen-bond acceptors (Lipinski definition) is 3. The maximum Gasteiger partial charge on any atom is 0.299 e. The number of ketones is 1. The van der Waals surface area contributed by atoms with Gasteiger partial charge in [0.2, 0.25) is 0 Å². The number of carbonyl (C=O) groups is 2. The van der Waals surface area contributed by atoms with Crippen molar-refractivity contribution in [2.45, 2.75) is 0 Å². The molecule has 0 fully saturated rings. The number of halogens is 1. The van der Waals surface area contributed by atoms with Gasteiger partial charge in [0.05, 0.1) is 11.3 Å². The highest BCUT2D eigenvalue weighted by molar-refractivity contribution is 6.52. The first-order chi connectivity index (χ1) is 7.61. The minimum absolute atomic E-state index is 0. The van der Waals surface area contributed by atoms with E-state index in [1.165, 1.54) is 0 Å². The summed E-state index contributed by atoms with van der Waals surface area (Å²) in [6.45, 7) is 1.29. The van der Waals surface area contributed by atoms with Gasteiger partial charge >= 0.3 is 0 Å². The molecule has 1 aromatic carbocycles. The van der Waals surface area contributed by atoms with Gasteiger partial charge in [-0.3, -0.25) is 9.59 Å². The third-order valence-corrected chi connectivity index (χ3v) is 2.65. The normalized spacial score (nSPS) is 13.9. The van der Waals surface area contributed by atoms with Gasteiger partial charge in [-0.1, -0.05) is 12.1 Å². The molecule has 1 amide bonds. The molecule has 0 unspecified atom stereocenters. The van der Waals surface area contributed by atoms with Crippen molar-refractivity contribution in [2.24, 2.45) is 0 Å². The van der Waals surface area contributed by atoms with Gasteiger partial charge in [-0.15, -0.1) is 12.4 Å². The van der Waals surface area contributed by atoms with E-state index in [1.54, 1.807) is 17.0 Å². The average molecular weight is 255 g/mol. The van der Waals surface area contributed by atoms with E-state index >= 15 is 0 Å². The van der Waals surface area contributed by atoms with Crippen LogP contribution in [0.4, 0.5) is 5.69 Å². The highest BCUT2D eigenvalue weighted by Crippen LogP contribution is 2.27. The molecule has 2 rings (SSSR count). The number of fused-ring (bicyclic) bond motifs is 1. The van der Waals surface area contributed by atoms with Crippen molar-refractivity contribution in [3.05, 3.63) is 29.8 Å². The van der Waals surface area contributed by atoms with Gasteiger partial charge in [-0.25, -0.2) is 0 Å². The summed E-state index contributed by atoms with van der Waals surface area (Å²) in [6.07, 6.45) is 0. The summed E-state index contributed by atoms with van der Waals surface area (Å²) >= 11 is 0. The lowest BCUT2D eigenvalue weighted by atomic mass is 10.1. The molecule has 0 aromatic heterocycles. The average Bonchev–Trinajstić information content (AvgIpc) is 2.50. The number of nitrogens with zero attached hydrogens (tertiary/aromatic N) is 2. The van der Waals surface area contributed by atoms with Gasteiger partial charge < -0.3 is 9.80 Å². The number of hydrogen-bond donors (Lipinski definition) is 0. The van der Waals surface area contributed by atoms with E-state index in [0.717, 1.165) is 12.2 Å². The molecule has 0 radical (unpaired) electrons. The summed E-state index contributed by atoms with van der Waals surface area (Å²) in [6, 6.07) is 7.13. The van der Waals surface area contributed by atoms with E-state index in [9.17, 15) is 9.59 Å². The van der Waals surface area contributed by atoms with E-state index in [4.69, 9.17) is 0 Å². The van der Waals surface area contributed by atoms with Crippen LogP contribution in [0.5, 0.6) is 0 Å². The molecule has 1 heterocycles. The van der Waals surface area contributed by atoms with Gasteiger partial charge in [-0.2, -0.15) is 0 Å². The third-order valence-electron chi connectivity index (χ3n) is 2.65. The molecule has 0 saturated heterocycles. The van der Waals surface area contributed by atoms with Crippen LogP contribution >= 0.6 is 12.4 Å². The van der Waals surface area contributed by atoms with E-state index in [-0.39, 0.29) is 12.4 Å². The smallest absolute Gasteiger partial charge is 0.299 e. The molecule has 92 valence electrons. The van der Waals surface area contributed by atoms with Crippen LogP contribution in [-0.4, -0.2) is 43.8 Å². The summed E-state index contributed by atoms with van der Waals surface area (Å²) in [5.41, 5.74) is 1.26. The maximum atomic E-state index is 11.7. The molecule has 1 aromatic rings. The topological polar surface area (TPSA) is 40.6 Å². The molecule has 0 N–H and O–H groups in total. The zero-order valence-corrected chi connectivity index (χ0v) is 10.7. The Morgan fingerprint density at radius 2 is 1.82 bits per heavy atom. The molecule has 1 aliphatic rings. The Kier molecular flexibility index (Phi) is 4.26. The molecule has 4 nitrogen and oxygen atoms in total. The third kappa shape index (κ3) is 2.48. The molecule has 1 aliphatic heterocycles. The number of para-hydroxylation sites is 1. The first kappa shape index (κ1) is 13.7. The molecule has 5 heteroatoms. The Hall–Kier alpha value is -1.39. The van der Waals surface area contributed by atoms with E-state index in [0.29, 0.717) is 12.1 Å².